The highest BCUT2D eigenvalue weighted by molar-refractivity contribution is 5.80. The zero-order valence-corrected chi connectivity index (χ0v) is 69.1. The van der Waals surface area contributed by atoms with E-state index in [1.165, 1.54) is 25.5 Å². The minimum atomic E-state index is -2.37. The van der Waals surface area contributed by atoms with E-state index in [0.29, 0.717) is 62.2 Å². The summed E-state index contributed by atoms with van der Waals surface area (Å²) in [5, 5.41) is 44.3. The van der Waals surface area contributed by atoms with Crippen molar-refractivity contribution in [2.45, 2.75) is 230 Å². The third kappa shape index (κ3) is 42.3. The van der Waals surface area contributed by atoms with Gasteiger partial charge in [-0.15, -0.1) is 5.10 Å². The maximum Gasteiger partial charge on any atom is 0.311 e. The molecule has 5 rings (SSSR count). The number of carbonyl (C=O) groups is 8. The fourth-order valence-corrected chi connectivity index (χ4v) is 13.1. The molecule has 0 aliphatic carbocycles. The van der Waals surface area contributed by atoms with E-state index in [1.807, 2.05) is 6.92 Å². The van der Waals surface area contributed by atoms with Crippen molar-refractivity contribution >= 4 is 47.3 Å². The first-order chi connectivity index (χ1) is 57.4. The minimum Gasteiger partial charge on any atom is -0.420 e. The van der Waals surface area contributed by atoms with E-state index in [2.05, 4.69) is 62.9 Å². The van der Waals surface area contributed by atoms with Crippen LogP contribution < -0.4 is 64.1 Å². The first-order valence-corrected chi connectivity index (χ1v) is 41.0. The second-order valence-corrected chi connectivity index (χ2v) is 29.0. The Morgan fingerprint density at radius 1 is 0.513 bits per heavy atom. The molecule has 7 amide bonds. The molecule has 3 saturated heterocycles. The van der Waals surface area contributed by atoms with Gasteiger partial charge in [-0.1, -0.05) is 43.7 Å². The minimum absolute atomic E-state index is 0.00929. The largest absolute Gasteiger partial charge is 0.420 e. The number of nitrogens with zero attached hydrogens (tertiary/aromatic N) is 3. The normalized spacial score (nSPS) is 19.4. The quantitative estimate of drug-likeness (QED) is 0.00859. The summed E-state index contributed by atoms with van der Waals surface area (Å²) in [6, 6.07) is -0.800. The number of nitrogens with one attached hydrogen (secondary N) is 9. The lowest BCUT2D eigenvalue weighted by Crippen LogP contribution is -2.50. The number of hydrogen-bond donors (Lipinski definition) is 12. The van der Waals surface area contributed by atoms with Crippen LogP contribution in [-0.4, -0.2) is 261 Å². The van der Waals surface area contributed by atoms with Crippen LogP contribution in [0.15, 0.2) is 30.0 Å². The fourth-order valence-electron chi connectivity index (χ4n) is 13.1. The highest BCUT2D eigenvalue weighted by Crippen LogP contribution is 2.33. The van der Waals surface area contributed by atoms with E-state index >= 15 is 0 Å². The number of hydrogen-bond acceptors (Lipinski definition) is 28. The van der Waals surface area contributed by atoms with Crippen LogP contribution in [0.1, 0.15) is 181 Å². The molecule has 1 aromatic heterocycles. The van der Waals surface area contributed by atoms with E-state index in [9.17, 15) is 65.4 Å². The molecule has 14 N–H and O–H groups in total. The van der Waals surface area contributed by atoms with Crippen molar-refractivity contribution < 1.29 is 127 Å². The summed E-state index contributed by atoms with van der Waals surface area (Å²) in [5.41, 5.74) is 12.6. The van der Waals surface area contributed by atoms with Crippen LogP contribution in [0.25, 0.3) is 0 Å². The Morgan fingerprint density at radius 3 is 1.44 bits per heavy atom. The standard InChI is InChI=1S/C78H127F5N14O22/c1-53-17-19-61(92-55(3)100)75(117-53)59(85)47-87-51-114-44-41-111-38-35-108-32-28-89-65(103)22-25-78(94-67(105)15-11-9-7-5-6-8-10-12-16-68(106)119-77-72(82)70(80)69(79)71(81)73(77)83,24-21-64(102)88-27-31-107-34-37-110-40-43-113-50-86-46-58(84)74-60(91-54(2)99)14-13-30-116-74)26-23-66(104)90-29-33-109-36-39-112-42-45-115-52-97-48-63(95-96-97)76-62(93-56(4)101)20-18-57(49-98)118-76/h46-48,53,57,60-62,74-76,86-87,98H,5-45,49-52,84-85H2,1-4H3,(H,88,102)(H,89,103)(H,90,104)(H,91,99)(H,92,100)(H,93,101)(H,94,105)/b58-46-,59-47-/t53-,57+,60-,61-,62-,74-,75-,76+,78?/m1/s1. The number of aliphatic hydroxyl groups excluding tert-OH is 1. The Bertz CT molecular complexity index is 3360. The Hall–Kier alpha value is -8.07. The third-order valence-corrected chi connectivity index (χ3v) is 19.2. The molecule has 676 valence electrons. The molecule has 9 atom stereocenters. The number of unbranched alkanes of at least 4 members (excludes halogenated alkanes) is 7. The monoisotopic (exact) mass is 1710 g/mol. The molecule has 0 radical (unpaired) electrons. The van der Waals surface area contributed by atoms with E-state index < -0.39 is 70.8 Å². The first kappa shape index (κ1) is 101. The first-order valence-electron chi connectivity index (χ1n) is 41.0. The number of aromatic nitrogens is 3. The maximum atomic E-state index is 14.1. The van der Waals surface area contributed by atoms with Gasteiger partial charge in [0.2, 0.25) is 76.2 Å². The number of benzene rings is 1. The van der Waals surface area contributed by atoms with Crippen LogP contribution in [0, 0.1) is 29.1 Å². The predicted octanol–water partition coefficient (Wildman–Crippen LogP) is 3.30. The molecule has 0 spiro atoms. The smallest absolute Gasteiger partial charge is 0.311 e. The average Bonchev–Trinajstić information content (AvgIpc) is 0.954. The van der Waals surface area contributed by atoms with Gasteiger partial charge in [0, 0.05) is 97.1 Å². The SMILES string of the molecule is CC(=O)N[C@@H]1CCCO[C@@H]1/C(N)=C/NCOCCOCCOCCNC(=O)CCC(CCC(=O)NCCOCCOCCOCN/C=C(\N)[C@H]1O[C@H](C)CC[C@H]1NC(C)=O)(CCC(=O)NCCOCCOCCOCn1cc([C@H]2O[C@H](CO)CC[C@H]2NC(C)=O)nn1)NC(=O)CCCCCCCCCCC(=O)Oc1c(F)c(F)c(F)c(F)c1F. The molecular weight excluding hydrogens is 1580 g/mol. The van der Waals surface area contributed by atoms with Gasteiger partial charge in [0.15, 0.2) is 0 Å². The molecule has 3 fully saturated rings. The number of halogens is 5. The number of ether oxygens (including phenoxy) is 13. The summed E-state index contributed by atoms with van der Waals surface area (Å²) in [6.07, 6.45) is 11.4. The molecule has 0 bridgehead atoms. The highest BCUT2D eigenvalue weighted by atomic mass is 19.2. The second kappa shape index (κ2) is 59.6. The number of aliphatic hydroxyl groups is 1. The van der Waals surface area contributed by atoms with Crippen molar-refractivity contribution in [3.05, 3.63) is 64.8 Å². The summed E-state index contributed by atoms with van der Waals surface area (Å²) in [4.78, 5) is 102. The molecule has 0 saturated carbocycles. The maximum absolute atomic E-state index is 14.1. The van der Waals surface area contributed by atoms with Gasteiger partial charge in [0.25, 0.3) is 0 Å². The summed E-state index contributed by atoms with van der Waals surface area (Å²) < 4.78 is 143. The van der Waals surface area contributed by atoms with Crippen LogP contribution in [0.2, 0.25) is 0 Å². The van der Waals surface area contributed by atoms with E-state index in [1.54, 1.807) is 18.6 Å². The lowest BCUT2D eigenvalue weighted by molar-refractivity contribution is -0.135. The van der Waals surface area contributed by atoms with E-state index in [-0.39, 0.29) is 269 Å². The van der Waals surface area contributed by atoms with Gasteiger partial charge in [-0.2, -0.15) is 8.78 Å². The zero-order valence-electron chi connectivity index (χ0n) is 69.1. The molecule has 3 aliphatic heterocycles. The number of rotatable bonds is 64. The third-order valence-electron chi connectivity index (χ3n) is 19.2. The molecule has 4 heterocycles. The van der Waals surface area contributed by atoms with Gasteiger partial charge in [-0.3, -0.25) is 38.4 Å². The van der Waals surface area contributed by atoms with Crippen molar-refractivity contribution in [3.8, 4) is 5.75 Å². The van der Waals surface area contributed by atoms with Gasteiger partial charge in [0.1, 0.15) is 44.2 Å². The van der Waals surface area contributed by atoms with E-state index in [0.717, 1.165) is 44.9 Å². The van der Waals surface area contributed by atoms with Crippen molar-refractivity contribution in [1.82, 2.24) is 62.8 Å². The lowest BCUT2D eigenvalue weighted by atomic mass is 9.82. The van der Waals surface area contributed by atoms with Gasteiger partial charge >= 0.3 is 5.97 Å². The van der Waals surface area contributed by atoms with Crippen LogP contribution in [-0.2, 0) is 102 Å². The molecule has 36 nitrogen and oxygen atoms in total. The fraction of sp³-hybridized carbons (Fsp3) is 0.744. The van der Waals surface area contributed by atoms with Crippen molar-refractivity contribution in [2.75, 3.05) is 145 Å². The number of esters is 1. The Kier molecular flexibility index (Phi) is 50.8. The topological polar surface area (TPSA) is 468 Å². The van der Waals surface area contributed by atoms with Gasteiger partial charge in [0.05, 0.1) is 154 Å². The lowest BCUT2D eigenvalue weighted by Gasteiger charge is -2.35. The molecule has 2 aromatic rings. The summed E-state index contributed by atoms with van der Waals surface area (Å²) in [7, 11) is 0. The van der Waals surface area contributed by atoms with Crippen molar-refractivity contribution in [3.63, 3.8) is 0 Å². The van der Waals surface area contributed by atoms with Crippen molar-refractivity contribution in [2.24, 2.45) is 11.5 Å². The predicted molar refractivity (Wildman–Crippen MR) is 418 cm³/mol. The number of nitrogens with two attached hydrogens (primary N) is 2. The summed E-state index contributed by atoms with van der Waals surface area (Å²) in [6.45, 7) is 10.6. The molecule has 41 heteroatoms. The number of carbonyl (C=O) groups excluding carboxylic acids is 8. The van der Waals surface area contributed by atoms with Crippen LogP contribution >= 0.6 is 0 Å². The Balaban J connectivity index is 1.09. The van der Waals surface area contributed by atoms with Gasteiger partial charge in [-0.05, 0) is 77.6 Å². The van der Waals surface area contributed by atoms with Crippen LogP contribution in [0.4, 0.5) is 22.0 Å². The molecule has 1 unspecified atom stereocenters. The van der Waals surface area contributed by atoms with Crippen molar-refractivity contribution in [1.29, 1.82) is 0 Å². The molecule has 119 heavy (non-hydrogen) atoms. The Morgan fingerprint density at radius 2 is 0.941 bits per heavy atom. The molecular formula is C78H127F5N14O22. The van der Waals surface area contributed by atoms with Crippen LogP contribution in [0.3, 0.4) is 0 Å². The van der Waals surface area contributed by atoms with Gasteiger partial charge < -0.3 is 126 Å². The van der Waals surface area contributed by atoms with Crippen LogP contribution in [0.5, 0.6) is 5.75 Å². The summed E-state index contributed by atoms with van der Waals surface area (Å²) >= 11 is 0. The van der Waals surface area contributed by atoms with E-state index in [4.69, 9.17) is 68.3 Å². The van der Waals surface area contributed by atoms with Gasteiger partial charge in [-0.25, -0.2) is 17.9 Å². The Labute approximate surface area is 691 Å². The number of amides is 7. The molecule has 3 aliphatic rings. The summed E-state index contributed by atoms with van der Waals surface area (Å²) in [5.74, 6) is -16.2. The molecule has 1 aromatic carbocycles. The highest BCUT2D eigenvalue weighted by Gasteiger charge is 2.38. The zero-order chi connectivity index (χ0) is 86.4. The second-order valence-electron chi connectivity index (χ2n) is 29.0. The average molecular weight is 1710 g/mol.